The van der Waals surface area contributed by atoms with E-state index < -0.39 is 10.1 Å². The van der Waals surface area contributed by atoms with Crippen LogP contribution in [-0.4, -0.2) is 34.2 Å². The summed E-state index contributed by atoms with van der Waals surface area (Å²) in [4.78, 5) is 10.5. The van der Waals surface area contributed by atoms with Crippen LogP contribution in [0.4, 0.5) is 0 Å². The summed E-state index contributed by atoms with van der Waals surface area (Å²) in [5.74, 6) is -0.242. The summed E-state index contributed by atoms with van der Waals surface area (Å²) in [6, 6.07) is 0. The molecule has 0 saturated carbocycles. The van der Waals surface area contributed by atoms with Gasteiger partial charge in [0.2, 0.25) is 5.91 Å². The molecule has 0 rings (SSSR count). The predicted molar refractivity (Wildman–Crippen MR) is 39.5 cm³/mol. The van der Waals surface area contributed by atoms with Crippen LogP contribution >= 0.6 is 0 Å². The summed E-state index contributed by atoms with van der Waals surface area (Å²) in [6.45, 7) is -0.0987. The molecule has 1 N–H and O–H groups in total. The van der Waals surface area contributed by atoms with Crippen molar-refractivity contribution in [2.45, 2.75) is 6.42 Å². The standard InChI is InChI=1S/C5H11NO4S/c1-6-5(7)3-4-10-11(2,8)9/h3-4H2,1-2H3,(H,6,7). The fourth-order valence-corrected chi connectivity index (χ4v) is 0.797. The summed E-state index contributed by atoms with van der Waals surface area (Å²) in [6.07, 6.45) is 1.00. The van der Waals surface area contributed by atoms with E-state index in [1.807, 2.05) is 0 Å². The van der Waals surface area contributed by atoms with Gasteiger partial charge in [-0.15, -0.1) is 0 Å². The normalized spacial score (nSPS) is 11.1. The molecular weight excluding hydrogens is 170 g/mol. The van der Waals surface area contributed by atoms with Crippen LogP contribution in [0.2, 0.25) is 0 Å². The third-order valence-electron chi connectivity index (χ3n) is 0.905. The monoisotopic (exact) mass is 181 g/mol. The summed E-state index contributed by atoms with van der Waals surface area (Å²) >= 11 is 0. The highest BCUT2D eigenvalue weighted by Crippen LogP contribution is 1.88. The maximum Gasteiger partial charge on any atom is 0.264 e. The molecule has 0 unspecified atom stereocenters. The first-order valence-corrected chi connectivity index (χ1v) is 4.82. The van der Waals surface area contributed by atoms with E-state index in [0.29, 0.717) is 0 Å². The maximum absolute atomic E-state index is 10.5. The molecule has 0 atom stereocenters. The van der Waals surface area contributed by atoms with Crippen molar-refractivity contribution in [2.24, 2.45) is 0 Å². The van der Waals surface area contributed by atoms with Gasteiger partial charge < -0.3 is 5.32 Å². The smallest absolute Gasteiger partial charge is 0.264 e. The number of nitrogens with one attached hydrogen (secondary N) is 1. The number of hydrogen-bond acceptors (Lipinski definition) is 4. The number of amides is 1. The Kier molecular flexibility index (Phi) is 4.06. The molecule has 11 heavy (non-hydrogen) atoms. The zero-order valence-electron chi connectivity index (χ0n) is 6.46. The van der Waals surface area contributed by atoms with Gasteiger partial charge in [-0.05, 0) is 0 Å². The van der Waals surface area contributed by atoms with Crippen LogP contribution in [0.5, 0.6) is 0 Å². The molecule has 0 aliphatic carbocycles. The summed E-state index contributed by atoms with van der Waals surface area (Å²) in [5, 5.41) is 2.34. The van der Waals surface area contributed by atoms with Gasteiger partial charge >= 0.3 is 0 Å². The van der Waals surface area contributed by atoms with Gasteiger partial charge in [-0.25, -0.2) is 0 Å². The molecule has 0 aliphatic heterocycles. The predicted octanol–water partition coefficient (Wildman–Crippen LogP) is -0.901. The Bertz CT molecular complexity index is 221. The zero-order valence-corrected chi connectivity index (χ0v) is 7.27. The first kappa shape index (κ1) is 10.4. The molecule has 0 radical (unpaired) electrons. The molecule has 0 saturated heterocycles. The highest BCUT2D eigenvalue weighted by molar-refractivity contribution is 7.85. The van der Waals surface area contributed by atoms with Gasteiger partial charge in [-0.2, -0.15) is 8.42 Å². The first-order valence-electron chi connectivity index (χ1n) is 3.00. The Balaban J connectivity index is 3.51. The lowest BCUT2D eigenvalue weighted by molar-refractivity contribution is -0.121. The minimum Gasteiger partial charge on any atom is -0.359 e. The average Bonchev–Trinajstić information content (AvgIpc) is 1.85. The van der Waals surface area contributed by atoms with E-state index in [-0.39, 0.29) is 18.9 Å². The average molecular weight is 181 g/mol. The van der Waals surface area contributed by atoms with Gasteiger partial charge in [0, 0.05) is 7.05 Å². The molecule has 1 amide bonds. The van der Waals surface area contributed by atoms with Gasteiger partial charge in [-0.3, -0.25) is 8.98 Å². The number of hydrogen-bond donors (Lipinski definition) is 1. The van der Waals surface area contributed by atoms with E-state index in [4.69, 9.17) is 0 Å². The Labute approximate surface area is 65.9 Å². The molecule has 0 aromatic carbocycles. The second-order valence-electron chi connectivity index (χ2n) is 1.95. The fourth-order valence-electron chi connectivity index (χ4n) is 0.411. The molecule has 0 aliphatic rings. The second kappa shape index (κ2) is 4.30. The lowest BCUT2D eigenvalue weighted by Crippen LogP contribution is -2.20. The van der Waals surface area contributed by atoms with E-state index in [1.54, 1.807) is 0 Å². The molecule has 0 aromatic rings. The fraction of sp³-hybridized carbons (Fsp3) is 0.800. The van der Waals surface area contributed by atoms with E-state index >= 15 is 0 Å². The van der Waals surface area contributed by atoms with Crippen molar-refractivity contribution in [2.75, 3.05) is 19.9 Å². The van der Waals surface area contributed by atoms with Crippen molar-refractivity contribution in [1.29, 1.82) is 0 Å². The van der Waals surface area contributed by atoms with Crippen molar-refractivity contribution in [3.63, 3.8) is 0 Å². The van der Waals surface area contributed by atoms with Gasteiger partial charge in [0.15, 0.2) is 0 Å². The molecule has 5 nitrogen and oxygen atoms in total. The van der Waals surface area contributed by atoms with Crippen molar-refractivity contribution in [1.82, 2.24) is 5.32 Å². The summed E-state index contributed by atoms with van der Waals surface area (Å²) in [5.41, 5.74) is 0. The Morgan fingerprint density at radius 3 is 2.45 bits per heavy atom. The molecule has 0 spiro atoms. The lowest BCUT2D eigenvalue weighted by atomic mass is 10.4. The Morgan fingerprint density at radius 1 is 1.55 bits per heavy atom. The van der Waals surface area contributed by atoms with Gasteiger partial charge in [0.25, 0.3) is 10.1 Å². The molecule has 0 bridgehead atoms. The van der Waals surface area contributed by atoms with Crippen LogP contribution < -0.4 is 5.32 Å². The molecule has 0 fully saturated rings. The second-order valence-corrected chi connectivity index (χ2v) is 3.59. The number of rotatable bonds is 4. The maximum atomic E-state index is 10.5. The molecular formula is C5H11NO4S. The summed E-state index contributed by atoms with van der Waals surface area (Å²) in [7, 11) is -1.93. The molecule has 0 heterocycles. The van der Waals surface area contributed by atoms with Crippen molar-refractivity contribution in [3.8, 4) is 0 Å². The van der Waals surface area contributed by atoms with E-state index in [9.17, 15) is 13.2 Å². The Morgan fingerprint density at radius 2 is 2.09 bits per heavy atom. The Hall–Kier alpha value is -0.620. The van der Waals surface area contributed by atoms with Gasteiger partial charge in [0.05, 0.1) is 19.3 Å². The largest absolute Gasteiger partial charge is 0.359 e. The molecule has 66 valence electrons. The number of carbonyl (C=O) groups is 1. The summed E-state index contributed by atoms with van der Waals surface area (Å²) < 4.78 is 25.0. The molecule has 6 heteroatoms. The first-order chi connectivity index (χ1) is 4.95. The van der Waals surface area contributed by atoms with Crippen LogP contribution in [-0.2, 0) is 19.1 Å². The van der Waals surface area contributed by atoms with Gasteiger partial charge in [-0.1, -0.05) is 0 Å². The van der Waals surface area contributed by atoms with Crippen LogP contribution in [0, 0.1) is 0 Å². The molecule has 0 aromatic heterocycles. The minimum absolute atomic E-state index is 0.0591. The lowest BCUT2D eigenvalue weighted by Gasteiger charge is -1.99. The van der Waals surface area contributed by atoms with Crippen LogP contribution in [0.15, 0.2) is 0 Å². The minimum atomic E-state index is -3.41. The van der Waals surface area contributed by atoms with Crippen LogP contribution in [0.25, 0.3) is 0 Å². The van der Waals surface area contributed by atoms with E-state index in [1.165, 1.54) is 7.05 Å². The number of carbonyl (C=O) groups excluding carboxylic acids is 1. The third-order valence-corrected chi connectivity index (χ3v) is 1.50. The van der Waals surface area contributed by atoms with E-state index in [2.05, 4.69) is 9.50 Å². The van der Waals surface area contributed by atoms with E-state index in [0.717, 1.165) is 6.26 Å². The van der Waals surface area contributed by atoms with Gasteiger partial charge in [0.1, 0.15) is 0 Å². The zero-order chi connectivity index (χ0) is 8.91. The van der Waals surface area contributed by atoms with Crippen LogP contribution in [0.1, 0.15) is 6.42 Å². The van der Waals surface area contributed by atoms with Crippen molar-refractivity contribution in [3.05, 3.63) is 0 Å². The van der Waals surface area contributed by atoms with Crippen molar-refractivity contribution >= 4 is 16.0 Å². The highest BCUT2D eigenvalue weighted by atomic mass is 32.2. The quantitative estimate of drug-likeness (QED) is 0.570. The third kappa shape index (κ3) is 7.27. The van der Waals surface area contributed by atoms with Crippen LogP contribution in [0.3, 0.4) is 0 Å². The van der Waals surface area contributed by atoms with Crippen molar-refractivity contribution < 1.29 is 17.4 Å². The topological polar surface area (TPSA) is 72.5 Å². The SMILES string of the molecule is CNC(=O)CCOS(C)(=O)=O. The highest BCUT2D eigenvalue weighted by Gasteiger charge is 2.03.